The fraction of sp³-hybridized carbons (Fsp3) is 0.533. The third-order valence-electron chi connectivity index (χ3n) is 2.78. The molecule has 1 N–H and O–H groups in total. The minimum Gasteiger partial charge on any atom is -0.488 e. The molecule has 1 aliphatic rings. The summed E-state index contributed by atoms with van der Waals surface area (Å²) in [5.74, 6) is 0.717. The lowest BCUT2D eigenvalue weighted by molar-refractivity contribution is -0.153. The molecule has 1 aromatic carbocycles. The van der Waals surface area contributed by atoms with E-state index in [9.17, 15) is 4.79 Å². The van der Waals surface area contributed by atoms with Crippen molar-refractivity contribution in [2.24, 2.45) is 0 Å². The molecule has 2 rings (SSSR count). The molecule has 19 heavy (non-hydrogen) atoms. The van der Waals surface area contributed by atoms with Crippen LogP contribution in [-0.4, -0.2) is 30.8 Å². The topological polar surface area (TPSA) is 47.6 Å². The van der Waals surface area contributed by atoms with Gasteiger partial charge in [-0.3, -0.25) is 4.79 Å². The minimum atomic E-state index is -0.432. The minimum absolute atomic E-state index is 0.0971. The van der Waals surface area contributed by atoms with E-state index in [-0.39, 0.29) is 18.6 Å². The molecule has 0 bridgehead atoms. The Bertz CT molecular complexity index is 426. The second-order valence-corrected chi connectivity index (χ2v) is 5.77. The Kier molecular flexibility index (Phi) is 4.10. The van der Waals surface area contributed by atoms with Crippen LogP contribution < -0.4 is 10.1 Å². The predicted molar refractivity (Wildman–Crippen MR) is 73.3 cm³/mol. The highest BCUT2D eigenvalue weighted by atomic mass is 16.6. The number of ether oxygens (including phenoxy) is 2. The Balaban J connectivity index is 1.70. The molecular formula is C15H21NO3. The molecule has 0 amide bonds. The summed E-state index contributed by atoms with van der Waals surface area (Å²) in [6, 6.07) is 8.03. The zero-order valence-electron chi connectivity index (χ0n) is 11.7. The van der Waals surface area contributed by atoms with Gasteiger partial charge in [0.15, 0.2) is 0 Å². The Morgan fingerprint density at radius 2 is 2.16 bits per heavy atom. The third-order valence-corrected chi connectivity index (χ3v) is 2.78. The van der Waals surface area contributed by atoms with Gasteiger partial charge < -0.3 is 14.8 Å². The van der Waals surface area contributed by atoms with Gasteiger partial charge in [-0.05, 0) is 32.4 Å². The molecular weight excluding hydrogens is 242 g/mol. The molecule has 1 aliphatic heterocycles. The van der Waals surface area contributed by atoms with Crippen molar-refractivity contribution in [2.75, 3.05) is 13.1 Å². The zero-order valence-corrected chi connectivity index (χ0v) is 11.7. The first-order valence-electron chi connectivity index (χ1n) is 6.61. The van der Waals surface area contributed by atoms with Crippen molar-refractivity contribution in [3.8, 4) is 5.75 Å². The average Bonchev–Trinajstić information content (AvgIpc) is 2.68. The van der Waals surface area contributed by atoms with Crippen molar-refractivity contribution >= 4 is 5.97 Å². The highest BCUT2D eigenvalue weighted by Crippen LogP contribution is 2.27. The number of carbonyl (C=O) groups is 1. The van der Waals surface area contributed by atoms with Gasteiger partial charge in [-0.2, -0.15) is 0 Å². The fourth-order valence-corrected chi connectivity index (χ4v) is 2.08. The largest absolute Gasteiger partial charge is 0.488 e. The highest BCUT2D eigenvalue weighted by molar-refractivity contribution is 5.72. The second-order valence-electron chi connectivity index (χ2n) is 5.77. The lowest BCUT2D eigenvalue weighted by atomic mass is 10.1. The van der Waals surface area contributed by atoms with E-state index < -0.39 is 5.60 Å². The number of nitrogens with one attached hydrogen (secondary N) is 1. The van der Waals surface area contributed by atoms with Crippen LogP contribution in [0.4, 0.5) is 0 Å². The van der Waals surface area contributed by atoms with Gasteiger partial charge in [0.25, 0.3) is 0 Å². The fourth-order valence-electron chi connectivity index (χ4n) is 2.08. The molecule has 4 heteroatoms. The van der Waals surface area contributed by atoms with Gasteiger partial charge in [0.05, 0.1) is 6.54 Å². The van der Waals surface area contributed by atoms with Crippen LogP contribution in [0.25, 0.3) is 0 Å². The quantitative estimate of drug-likeness (QED) is 0.843. The van der Waals surface area contributed by atoms with Gasteiger partial charge in [-0.1, -0.05) is 18.2 Å². The SMILES string of the molecule is CC(C)(C)OC(=O)CNCC1Cc2ccccc2O1. The van der Waals surface area contributed by atoms with Crippen LogP contribution in [-0.2, 0) is 16.0 Å². The summed E-state index contributed by atoms with van der Waals surface area (Å²) in [7, 11) is 0. The maximum absolute atomic E-state index is 11.5. The zero-order chi connectivity index (χ0) is 13.9. The number of carbonyl (C=O) groups excluding carboxylic acids is 1. The van der Waals surface area contributed by atoms with Crippen molar-refractivity contribution in [2.45, 2.75) is 38.9 Å². The van der Waals surface area contributed by atoms with Crippen molar-refractivity contribution in [3.05, 3.63) is 29.8 Å². The van der Waals surface area contributed by atoms with Crippen LogP contribution in [0, 0.1) is 0 Å². The molecule has 1 unspecified atom stereocenters. The van der Waals surface area contributed by atoms with Gasteiger partial charge in [0, 0.05) is 13.0 Å². The van der Waals surface area contributed by atoms with E-state index in [1.807, 2.05) is 39.0 Å². The molecule has 0 spiro atoms. The molecule has 0 fully saturated rings. The van der Waals surface area contributed by atoms with Gasteiger partial charge in [0.2, 0.25) is 0 Å². The van der Waals surface area contributed by atoms with Crippen LogP contribution in [0.5, 0.6) is 5.75 Å². The van der Waals surface area contributed by atoms with E-state index in [0.717, 1.165) is 12.2 Å². The number of benzene rings is 1. The van der Waals surface area contributed by atoms with Gasteiger partial charge in [0.1, 0.15) is 17.5 Å². The van der Waals surface area contributed by atoms with Crippen molar-refractivity contribution in [1.82, 2.24) is 5.32 Å². The number of esters is 1. The summed E-state index contributed by atoms with van der Waals surface area (Å²) < 4.78 is 11.0. The molecule has 0 saturated heterocycles. The smallest absolute Gasteiger partial charge is 0.320 e. The molecule has 0 aliphatic carbocycles. The Morgan fingerprint density at radius 3 is 2.84 bits per heavy atom. The Morgan fingerprint density at radius 1 is 1.42 bits per heavy atom. The summed E-state index contributed by atoms with van der Waals surface area (Å²) in [5, 5.41) is 3.08. The van der Waals surface area contributed by atoms with E-state index in [4.69, 9.17) is 9.47 Å². The normalized spacial score (nSPS) is 17.7. The number of hydrogen-bond donors (Lipinski definition) is 1. The van der Waals surface area contributed by atoms with Crippen LogP contribution in [0.1, 0.15) is 26.3 Å². The molecule has 0 saturated carbocycles. The summed E-state index contributed by atoms with van der Waals surface area (Å²) >= 11 is 0. The van der Waals surface area contributed by atoms with Crippen LogP contribution in [0.3, 0.4) is 0 Å². The molecule has 1 atom stereocenters. The van der Waals surface area contributed by atoms with Gasteiger partial charge in [-0.15, -0.1) is 0 Å². The average molecular weight is 263 g/mol. The van der Waals surface area contributed by atoms with Crippen molar-refractivity contribution in [3.63, 3.8) is 0 Å². The summed E-state index contributed by atoms with van der Waals surface area (Å²) in [6.07, 6.45) is 0.983. The third kappa shape index (κ3) is 4.24. The number of hydrogen-bond acceptors (Lipinski definition) is 4. The van der Waals surface area contributed by atoms with E-state index in [0.29, 0.717) is 6.54 Å². The van der Waals surface area contributed by atoms with Crippen molar-refractivity contribution < 1.29 is 14.3 Å². The van der Waals surface area contributed by atoms with Crippen molar-refractivity contribution in [1.29, 1.82) is 0 Å². The summed E-state index contributed by atoms with van der Waals surface area (Å²) in [6.45, 7) is 6.45. The molecule has 0 radical (unpaired) electrons. The van der Waals surface area contributed by atoms with Gasteiger partial charge >= 0.3 is 5.97 Å². The van der Waals surface area contributed by atoms with E-state index in [2.05, 4.69) is 11.4 Å². The summed E-state index contributed by atoms with van der Waals surface area (Å²) in [4.78, 5) is 11.5. The van der Waals surface area contributed by atoms with E-state index in [1.165, 1.54) is 5.56 Å². The number of para-hydroxylation sites is 1. The molecule has 1 heterocycles. The summed E-state index contributed by atoms with van der Waals surface area (Å²) in [5.41, 5.74) is 0.797. The standard InChI is InChI=1S/C15H21NO3/c1-15(2,3)19-14(17)10-16-9-12-8-11-6-4-5-7-13(11)18-12/h4-7,12,16H,8-10H2,1-3H3. The number of fused-ring (bicyclic) bond motifs is 1. The lowest BCUT2D eigenvalue weighted by Gasteiger charge is -2.20. The highest BCUT2D eigenvalue weighted by Gasteiger charge is 2.22. The predicted octanol–water partition coefficient (Wildman–Crippen LogP) is 1.92. The van der Waals surface area contributed by atoms with E-state index >= 15 is 0 Å². The monoisotopic (exact) mass is 263 g/mol. The molecule has 104 valence electrons. The molecule has 0 aromatic heterocycles. The lowest BCUT2D eigenvalue weighted by Crippen LogP contribution is -2.36. The van der Waals surface area contributed by atoms with Crippen LogP contribution >= 0.6 is 0 Å². The first kappa shape index (κ1) is 13.9. The Labute approximate surface area is 114 Å². The second kappa shape index (κ2) is 5.61. The Hall–Kier alpha value is -1.55. The maximum atomic E-state index is 11.5. The van der Waals surface area contributed by atoms with Crippen LogP contribution in [0.15, 0.2) is 24.3 Å². The first-order valence-corrected chi connectivity index (χ1v) is 6.61. The molecule has 1 aromatic rings. The van der Waals surface area contributed by atoms with Crippen LogP contribution in [0.2, 0.25) is 0 Å². The number of rotatable bonds is 4. The molecule has 4 nitrogen and oxygen atoms in total. The maximum Gasteiger partial charge on any atom is 0.320 e. The first-order chi connectivity index (χ1) is 8.94. The van der Waals surface area contributed by atoms with E-state index in [1.54, 1.807) is 0 Å². The van der Waals surface area contributed by atoms with Gasteiger partial charge in [-0.25, -0.2) is 0 Å².